The number of fused-ring (bicyclic) bond motifs is 2. The molecular weight excluding hydrogens is 436 g/mol. The van der Waals surface area contributed by atoms with Crippen LogP contribution in [0.1, 0.15) is 61.2 Å². The Labute approximate surface area is 197 Å². The number of rotatable bonds is 10. The van der Waals surface area contributed by atoms with Crippen molar-refractivity contribution in [3.63, 3.8) is 0 Å². The molecule has 4 rings (SSSR count). The van der Waals surface area contributed by atoms with E-state index in [4.69, 9.17) is 0 Å². The zero-order valence-electron chi connectivity index (χ0n) is 19.1. The third-order valence-corrected chi connectivity index (χ3v) is 6.74. The highest BCUT2D eigenvalue weighted by molar-refractivity contribution is 6.22. The SMILES string of the molecule is CCN(C=O)C(CCN1C(=O)c2ccccc2C1=O)(CCN1C(=O)c2ccccc2C1=O)NC. The minimum atomic E-state index is -0.985. The smallest absolute Gasteiger partial charge is 0.261 e. The first-order valence-corrected chi connectivity index (χ1v) is 11.2. The molecule has 2 aliphatic heterocycles. The van der Waals surface area contributed by atoms with Crippen LogP contribution in [0.4, 0.5) is 0 Å². The summed E-state index contributed by atoms with van der Waals surface area (Å²) in [6.45, 7) is 2.30. The van der Waals surface area contributed by atoms with Crippen molar-refractivity contribution in [1.29, 1.82) is 0 Å². The molecule has 0 bridgehead atoms. The fourth-order valence-corrected chi connectivity index (χ4v) is 4.76. The third kappa shape index (κ3) is 3.67. The van der Waals surface area contributed by atoms with Crippen molar-refractivity contribution in [2.24, 2.45) is 0 Å². The summed E-state index contributed by atoms with van der Waals surface area (Å²) in [5, 5.41) is 3.16. The van der Waals surface area contributed by atoms with Crippen LogP contribution in [-0.4, -0.2) is 77.1 Å². The summed E-state index contributed by atoms with van der Waals surface area (Å²) >= 11 is 0. The predicted molar refractivity (Wildman–Crippen MR) is 123 cm³/mol. The van der Waals surface area contributed by atoms with Gasteiger partial charge in [0.1, 0.15) is 0 Å². The number of carbonyl (C=O) groups is 5. The van der Waals surface area contributed by atoms with E-state index in [2.05, 4.69) is 5.32 Å². The monoisotopic (exact) mass is 462 g/mol. The summed E-state index contributed by atoms with van der Waals surface area (Å²) in [5.41, 5.74) is 0.446. The maximum absolute atomic E-state index is 12.8. The molecule has 0 aliphatic carbocycles. The number of nitrogens with one attached hydrogen (secondary N) is 1. The molecule has 2 aromatic carbocycles. The molecule has 34 heavy (non-hydrogen) atoms. The Morgan fingerprint density at radius 1 is 0.765 bits per heavy atom. The molecule has 9 nitrogen and oxygen atoms in total. The first kappa shape index (κ1) is 23.3. The number of hydrogen-bond donors (Lipinski definition) is 1. The fourth-order valence-electron chi connectivity index (χ4n) is 4.76. The van der Waals surface area contributed by atoms with Crippen LogP contribution < -0.4 is 5.32 Å². The summed E-state index contributed by atoms with van der Waals surface area (Å²) in [6, 6.07) is 13.3. The molecule has 5 amide bonds. The molecule has 2 aromatic rings. The van der Waals surface area contributed by atoms with Crippen molar-refractivity contribution < 1.29 is 24.0 Å². The van der Waals surface area contributed by atoms with Crippen molar-refractivity contribution in [1.82, 2.24) is 20.0 Å². The van der Waals surface area contributed by atoms with E-state index in [0.29, 0.717) is 35.2 Å². The van der Waals surface area contributed by atoms with Crippen LogP contribution in [0.2, 0.25) is 0 Å². The Bertz CT molecular complexity index is 1030. The summed E-state index contributed by atoms with van der Waals surface area (Å²) in [5.74, 6) is -1.50. The molecule has 0 aromatic heterocycles. The van der Waals surface area contributed by atoms with Gasteiger partial charge in [-0.2, -0.15) is 0 Å². The summed E-state index contributed by atoms with van der Waals surface area (Å²) in [7, 11) is 1.68. The Morgan fingerprint density at radius 3 is 1.38 bits per heavy atom. The van der Waals surface area contributed by atoms with Gasteiger partial charge in [0.05, 0.1) is 27.9 Å². The Kier molecular flexibility index (Phi) is 6.30. The van der Waals surface area contributed by atoms with Crippen molar-refractivity contribution in [2.45, 2.75) is 25.4 Å². The lowest BCUT2D eigenvalue weighted by Gasteiger charge is -2.43. The molecule has 0 unspecified atom stereocenters. The number of carbonyl (C=O) groups excluding carboxylic acids is 5. The summed E-state index contributed by atoms with van der Waals surface area (Å²) < 4.78 is 0. The molecule has 0 fully saturated rings. The van der Waals surface area contributed by atoms with Crippen LogP contribution in [0.5, 0.6) is 0 Å². The minimum absolute atomic E-state index is 0.0691. The van der Waals surface area contributed by atoms with Gasteiger partial charge < -0.3 is 4.90 Å². The van der Waals surface area contributed by atoms with Gasteiger partial charge in [0.25, 0.3) is 23.6 Å². The van der Waals surface area contributed by atoms with Crippen LogP contribution in [0.15, 0.2) is 48.5 Å². The van der Waals surface area contributed by atoms with E-state index in [0.717, 1.165) is 0 Å². The normalized spacial score (nSPS) is 15.1. The second kappa shape index (κ2) is 9.18. The van der Waals surface area contributed by atoms with Crippen LogP contribution in [0, 0.1) is 0 Å². The quantitative estimate of drug-likeness (QED) is 0.328. The Morgan fingerprint density at radius 2 is 1.12 bits per heavy atom. The van der Waals surface area contributed by atoms with E-state index < -0.39 is 5.66 Å². The third-order valence-electron chi connectivity index (χ3n) is 6.74. The number of benzene rings is 2. The average Bonchev–Trinajstić information content (AvgIpc) is 3.26. The Balaban J connectivity index is 1.54. The molecule has 0 spiro atoms. The molecular formula is C25H26N4O5. The molecule has 0 saturated heterocycles. The minimum Gasteiger partial charge on any atom is -0.327 e. The van der Waals surface area contributed by atoms with Gasteiger partial charge in [0.15, 0.2) is 0 Å². The lowest BCUT2D eigenvalue weighted by Crippen LogP contribution is -2.60. The number of amides is 5. The topological polar surface area (TPSA) is 107 Å². The van der Waals surface area contributed by atoms with Crippen LogP contribution in [0.25, 0.3) is 0 Å². The van der Waals surface area contributed by atoms with Gasteiger partial charge in [-0.25, -0.2) is 0 Å². The van der Waals surface area contributed by atoms with Crippen LogP contribution in [-0.2, 0) is 4.79 Å². The number of hydrogen-bond acceptors (Lipinski definition) is 6. The second-order valence-electron chi connectivity index (χ2n) is 8.29. The number of nitrogens with zero attached hydrogens (tertiary/aromatic N) is 3. The zero-order chi connectivity index (χ0) is 24.5. The van der Waals surface area contributed by atoms with Gasteiger partial charge in [-0.1, -0.05) is 24.3 Å². The summed E-state index contributed by atoms with van der Waals surface area (Å²) in [6.07, 6.45) is 1.15. The van der Waals surface area contributed by atoms with Crippen LogP contribution in [0.3, 0.4) is 0 Å². The first-order valence-electron chi connectivity index (χ1n) is 11.2. The van der Waals surface area contributed by atoms with E-state index in [1.807, 2.05) is 6.92 Å². The second-order valence-corrected chi connectivity index (χ2v) is 8.29. The summed E-state index contributed by atoms with van der Waals surface area (Å²) in [4.78, 5) is 67.0. The molecule has 1 N–H and O–H groups in total. The van der Waals surface area contributed by atoms with Gasteiger partial charge in [-0.05, 0) is 38.2 Å². The molecule has 176 valence electrons. The lowest BCUT2D eigenvalue weighted by atomic mass is 9.98. The molecule has 2 aliphatic rings. The largest absolute Gasteiger partial charge is 0.327 e. The van der Waals surface area contributed by atoms with Gasteiger partial charge in [-0.15, -0.1) is 0 Å². The van der Waals surface area contributed by atoms with Crippen molar-refractivity contribution in [3.8, 4) is 0 Å². The van der Waals surface area contributed by atoms with Gasteiger partial charge in [0, 0.05) is 32.5 Å². The van der Waals surface area contributed by atoms with Crippen molar-refractivity contribution >= 4 is 30.0 Å². The molecule has 0 radical (unpaired) electrons. The van der Waals surface area contributed by atoms with E-state index in [1.165, 1.54) is 14.7 Å². The Hall–Kier alpha value is -3.85. The zero-order valence-corrected chi connectivity index (χ0v) is 19.1. The highest BCUT2D eigenvalue weighted by Crippen LogP contribution is 2.28. The van der Waals surface area contributed by atoms with E-state index in [1.54, 1.807) is 55.6 Å². The number of imide groups is 2. The van der Waals surface area contributed by atoms with E-state index in [9.17, 15) is 24.0 Å². The van der Waals surface area contributed by atoms with Crippen LogP contribution >= 0.6 is 0 Å². The van der Waals surface area contributed by atoms with Crippen molar-refractivity contribution in [3.05, 3.63) is 70.8 Å². The van der Waals surface area contributed by atoms with Crippen molar-refractivity contribution in [2.75, 3.05) is 26.7 Å². The van der Waals surface area contributed by atoms with Gasteiger partial charge in [-0.3, -0.25) is 39.1 Å². The highest BCUT2D eigenvalue weighted by Gasteiger charge is 2.42. The predicted octanol–water partition coefficient (Wildman–Crippen LogP) is 1.75. The van der Waals surface area contributed by atoms with Gasteiger partial charge >= 0.3 is 0 Å². The van der Waals surface area contributed by atoms with Gasteiger partial charge in [0.2, 0.25) is 6.41 Å². The first-order chi connectivity index (χ1) is 16.4. The maximum Gasteiger partial charge on any atom is 0.261 e. The molecule has 2 heterocycles. The molecule has 9 heteroatoms. The van der Waals surface area contributed by atoms with E-state index in [-0.39, 0.29) is 49.6 Å². The lowest BCUT2D eigenvalue weighted by molar-refractivity contribution is -0.125. The highest BCUT2D eigenvalue weighted by atomic mass is 16.2. The van der Waals surface area contributed by atoms with E-state index >= 15 is 0 Å². The molecule has 0 saturated carbocycles. The fraction of sp³-hybridized carbons (Fsp3) is 0.320. The standard InChI is InChI=1S/C25H26N4O5/c1-3-27(16-30)25(26-2,12-14-28-21(31)17-8-4-5-9-18(17)22(28)32)13-15-29-23(33)19-10-6-7-11-20(19)24(29)34/h4-11,16,26H,3,12-15H2,1-2H3. The molecule has 0 atom stereocenters. The maximum atomic E-state index is 12.8. The average molecular weight is 463 g/mol.